The predicted octanol–water partition coefficient (Wildman–Crippen LogP) is 15.5. The molecule has 0 aliphatic carbocycles. The highest BCUT2D eigenvalue weighted by Crippen LogP contribution is 2.44. The van der Waals surface area contributed by atoms with Crippen LogP contribution in [0, 0.1) is 0 Å². The van der Waals surface area contributed by atoms with Crippen LogP contribution in [0.5, 0.6) is 0 Å². The van der Waals surface area contributed by atoms with E-state index in [-0.39, 0.29) is 0 Å². The Morgan fingerprint density at radius 3 is 1.64 bits per heavy atom. The Morgan fingerprint density at radius 2 is 0.839 bits per heavy atom. The second kappa shape index (κ2) is 13.2. The average Bonchev–Trinajstić information content (AvgIpc) is 3.66. The van der Waals surface area contributed by atoms with Gasteiger partial charge in [-0.25, -0.2) is 0 Å². The van der Waals surface area contributed by atoms with Crippen LogP contribution in [-0.4, -0.2) is 0 Å². The van der Waals surface area contributed by atoms with E-state index in [4.69, 9.17) is 4.42 Å². The summed E-state index contributed by atoms with van der Waals surface area (Å²) in [6.45, 7) is 0. The topological polar surface area (TPSA) is 16.4 Å². The first-order valence-corrected chi connectivity index (χ1v) is 19.2. The summed E-state index contributed by atoms with van der Waals surface area (Å²) in [5.74, 6) is 0. The molecule has 0 saturated carbocycles. The van der Waals surface area contributed by atoms with Gasteiger partial charge in [0, 0.05) is 16.8 Å². The standard InChI is InChI=1S/C54H35NO/c1-3-18-46-37(11-1)13-9-21-48(46)39-27-25-36(26-28-39)40-14-7-16-44(34-40)55(51-22-10-24-53-54(51)50-20-5-6-23-52(50)56-53)45-17-8-15-41(35-45)42-31-32-49-43(33-42)30-29-38-12-2-4-19-47(38)49/h1-35H. The molecule has 0 atom stereocenters. The van der Waals surface area contributed by atoms with Crippen LogP contribution < -0.4 is 4.90 Å². The number of rotatable bonds is 6. The molecule has 0 saturated heterocycles. The maximum Gasteiger partial charge on any atom is 0.137 e. The molecule has 262 valence electrons. The van der Waals surface area contributed by atoms with Gasteiger partial charge >= 0.3 is 0 Å². The molecule has 0 aliphatic rings. The summed E-state index contributed by atoms with van der Waals surface area (Å²) in [5, 5.41) is 9.75. The first-order valence-electron chi connectivity index (χ1n) is 19.2. The number of furan rings is 1. The first kappa shape index (κ1) is 32.0. The van der Waals surface area contributed by atoms with Crippen molar-refractivity contribution >= 4 is 71.3 Å². The van der Waals surface area contributed by atoms with E-state index in [1.165, 1.54) is 54.6 Å². The lowest BCUT2D eigenvalue weighted by Gasteiger charge is -2.27. The molecule has 0 spiro atoms. The maximum absolute atomic E-state index is 6.42. The van der Waals surface area contributed by atoms with E-state index in [9.17, 15) is 0 Å². The van der Waals surface area contributed by atoms with Gasteiger partial charge in [-0.15, -0.1) is 0 Å². The van der Waals surface area contributed by atoms with Gasteiger partial charge in [0.1, 0.15) is 11.2 Å². The number of hydrogen-bond donors (Lipinski definition) is 0. The zero-order valence-corrected chi connectivity index (χ0v) is 30.6. The highest BCUT2D eigenvalue weighted by Gasteiger charge is 2.20. The monoisotopic (exact) mass is 713 g/mol. The summed E-state index contributed by atoms with van der Waals surface area (Å²) < 4.78 is 6.42. The van der Waals surface area contributed by atoms with Crippen LogP contribution in [0.15, 0.2) is 217 Å². The lowest BCUT2D eigenvalue weighted by atomic mass is 9.96. The summed E-state index contributed by atoms with van der Waals surface area (Å²) in [6.07, 6.45) is 0. The molecule has 0 aliphatic heterocycles. The fourth-order valence-electron chi connectivity index (χ4n) is 8.53. The molecule has 0 bridgehead atoms. The number of hydrogen-bond acceptors (Lipinski definition) is 2. The second-order valence-electron chi connectivity index (χ2n) is 14.5. The highest BCUT2D eigenvalue weighted by molar-refractivity contribution is 6.13. The third-order valence-corrected chi connectivity index (χ3v) is 11.2. The number of nitrogens with zero attached hydrogens (tertiary/aromatic N) is 1. The molecule has 1 aromatic heterocycles. The summed E-state index contributed by atoms with van der Waals surface area (Å²) >= 11 is 0. The average molecular weight is 714 g/mol. The van der Waals surface area contributed by atoms with Gasteiger partial charge < -0.3 is 9.32 Å². The fourth-order valence-corrected chi connectivity index (χ4v) is 8.53. The Labute approximate surface area is 325 Å². The van der Waals surface area contributed by atoms with Crippen LogP contribution in [0.4, 0.5) is 17.1 Å². The molecule has 1 heterocycles. The van der Waals surface area contributed by atoms with Gasteiger partial charge in [-0.1, -0.05) is 164 Å². The minimum atomic E-state index is 0.867. The van der Waals surface area contributed by atoms with Crippen molar-refractivity contribution in [2.24, 2.45) is 0 Å². The van der Waals surface area contributed by atoms with Gasteiger partial charge in [0.05, 0.1) is 11.1 Å². The van der Waals surface area contributed by atoms with Crippen molar-refractivity contribution in [3.05, 3.63) is 212 Å². The highest BCUT2D eigenvalue weighted by atomic mass is 16.3. The molecule has 0 N–H and O–H groups in total. The van der Waals surface area contributed by atoms with Crippen LogP contribution in [0.1, 0.15) is 0 Å². The third kappa shape index (κ3) is 5.42. The molecule has 11 rings (SSSR count). The number of benzene rings is 10. The summed E-state index contributed by atoms with van der Waals surface area (Å²) in [5.41, 5.74) is 12.1. The molecule has 0 radical (unpaired) electrons. The van der Waals surface area contributed by atoms with Crippen molar-refractivity contribution in [2.75, 3.05) is 4.90 Å². The minimum Gasteiger partial charge on any atom is -0.456 e. The number of anilines is 3. The van der Waals surface area contributed by atoms with E-state index < -0.39 is 0 Å². The van der Waals surface area contributed by atoms with Crippen molar-refractivity contribution in [1.29, 1.82) is 0 Å². The van der Waals surface area contributed by atoms with Crippen LogP contribution >= 0.6 is 0 Å². The normalized spacial score (nSPS) is 11.6. The molecule has 2 heteroatoms. The summed E-state index contributed by atoms with van der Waals surface area (Å²) in [7, 11) is 0. The van der Waals surface area contributed by atoms with Gasteiger partial charge in [-0.3, -0.25) is 0 Å². The first-order chi connectivity index (χ1) is 27.7. The molecule has 10 aromatic carbocycles. The molecule has 56 heavy (non-hydrogen) atoms. The van der Waals surface area contributed by atoms with E-state index in [1.807, 2.05) is 6.07 Å². The number of fused-ring (bicyclic) bond motifs is 7. The van der Waals surface area contributed by atoms with Crippen molar-refractivity contribution in [3.8, 4) is 33.4 Å². The maximum atomic E-state index is 6.42. The van der Waals surface area contributed by atoms with E-state index in [2.05, 4.69) is 211 Å². The predicted molar refractivity (Wildman–Crippen MR) is 237 cm³/mol. The van der Waals surface area contributed by atoms with Crippen LogP contribution in [0.25, 0.3) is 87.6 Å². The van der Waals surface area contributed by atoms with E-state index in [1.54, 1.807) is 0 Å². The molecule has 0 amide bonds. The zero-order valence-electron chi connectivity index (χ0n) is 30.6. The van der Waals surface area contributed by atoms with Gasteiger partial charge in [0.2, 0.25) is 0 Å². The van der Waals surface area contributed by atoms with Crippen LogP contribution in [0.2, 0.25) is 0 Å². The molecule has 11 aromatic rings. The minimum absolute atomic E-state index is 0.867. The molecular weight excluding hydrogens is 679 g/mol. The van der Waals surface area contributed by atoms with Crippen LogP contribution in [0.3, 0.4) is 0 Å². The Kier molecular flexibility index (Phi) is 7.53. The largest absolute Gasteiger partial charge is 0.456 e. The van der Waals surface area contributed by atoms with Gasteiger partial charge in [0.25, 0.3) is 0 Å². The van der Waals surface area contributed by atoms with Crippen molar-refractivity contribution in [1.82, 2.24) is 0 Å². The van der Waals surface area contributed by atoms with Gasteiger partial charge in [0.15, 0.2) is 0 Å². The van der Waals surface area contributed by atoms with E-state index in [0.29, 0.717) is 0 Å². The van der Waals surface area contributed by atoms with Gasteiger partial charge in [-0.2, -0.15) is 0 Å². The fraction of sp³-hybridized carbons (Fsp3) is 0. The Balaban J connectivity index is 1.05. The second-order valence-corrected chi connectivity index (χ2v) is 14.5. The number of para-hydroxylation sites is 1. The molecule has 2 nitrogen and oxygen atoms in total. The molecule has 0 fully saturated rings. The quantitative estimate of drug-likeness (QED) is 0.160. The lowest BCUT2D eigenvalue weighted by Crippen LogP contribution is -2.10. The van der Waals surface area contributed by atoms with Crippen molar-refractivity contribution in [2.45, 2.75) is 0 Å². The van der Waals surface area contributed by atoms with Crippen molar-refractivity contribution in [3.63, 3.8) is 0 Å². The van der Waals surface area contributed by atoms with E-state index in [0.717, 1.165) is 50.1 Å². The van der Waals surface area contributed by atoms with Crippen LogP contribution in [-0.2, 0) is 0 Å². The van der Waals surface area contributed by atoms with Gasteiger partial charge in [-0.05, 0) is 114 Å². The summed E-state index contributed by atoms with van der Waals surface area (Å²) in [6, 6.07) is 76.5. The van der Waals surface area contributed by atoms with Crippen molar-refractivity contribution < 1.29 is 4.42 Å². The Morgan fingerprint density at radius 1 is 0.304 bits per heavy atom. The summed E-state index contributed by atoms with van der Waals surface area (Å²) in [4.78, 5) is 2.39. The molecule has 0 unspecified atom stereocenters. The lowest BCUT2D eigenvalue weighted by molar-refractivity contribution is 0.669. The smallest absolute Gasteiger partial charge is 0.137 e. The molecular formula is C54H35NO. The Hall–Kier alpha value is -7.42. The third-order valence-electron chi connectivity index (χ3n) is 11.2. The Bertz CT molecular complexity index is 3260. The zero-order chi connectivity index (χ0) is 37.0. The van der Waals surface area contributed by atoms with E-state index >= 15 is 0 Å². The SMILES string of the molecule is c1cc(-c2ccc(-c3cccc4ccccc34)cc2)cc(N(c2cccc(-c3ccc4c(ccc5ccccc54)c3)c2)c2cccc3oc4ccccc4c23)c1.